The number of amides is 1. The Morgan fingerprint density at radius 3 is 2.26 bits per heavy atom. The predicted molar refractivity (Wildman–Crippen MR) is 115 cm³/mol. The van der Waals surface area contributed by atoms with E-state index in [-0.39, 0.29) is 22.9 Å². The molecule has 1 amide bonds. The molecule has 2 rings (SSSR count). The summed E-state index contributed by atoms with van der Waals surface area (Å²) in [6.07, 6.45) is -0.852. The minimum absolute atomic E-state index is 0.0560. The summed E-state index contributed by atoms with van der Waals surface area (Å²) < 4.78 is 23.0. The van der Waals surface area contributed by atoms with E-state index in [9.17, 15) is 23.9 Å². The number of esters is 1. The average Bonchev–Trinajstić information content (AvgIpc) is 2.67. The van der Waals surface area contributed by atoms with Gasteiger partial charge in [0.1, 0.15) is 17.4 Å². The van der Waals surface area contributed by atoms with Gasteiger partial charge in [0.25, 0.3) is 5.69 Å². The fraction of sp³-hybridized carbons (Fsp3) is 0.333. The van der Waals surface area contributed by atoms with Crippen molar-refractivity contribution in [2.24, 2.45) is 0 Å². The first-order chi connectivity index (χ1) is 14.5. The summed E-state index contributed by atoms with van der Waals surface area (Å²) >= 11 is 0. The molecule has 0 saturated heterocycles. The summed E-state index contributed by atoms with van der Waals surface area (Å²) in [5.74, 6) is -0.806. The fourth-order valence-corrected chi connectivity index (χ4v) is 3.72. The third kappa shape index (κ3) is 8.55. The Morgan fingerprint density at radius 1 is 1.10 bits per heavy atom. The second-order valence-electron chi connectivity index (χ2n) is 7.61. The summed E-state index contributed by atoms with van der Waals surface area (Å²) in [4.78, 5) is 35.0. The fourth-order valence-electron chi connectivity index (χ4n) is 2.45. The van der Waals surface area contributed by atoms with Crippen LogP contribution in [0.4, 0.5) is 10.5 Å². The Morgan fingerprint density at radius 2 is 1.71 bits per heavy atom. The molecule has 0 heterocycles. The van der Waals surface area contributed by atoms with Gasteiger partial charge < -0.3 is 14.8 Å². The second-order valence-corrected chi connectivity index (χ2v) is 9.11. The number of nitro benzene ring substituents is 1. The van der Waals surface area contributed by atoms with Crippen LogP contribution in [-0.4, -0.2) is 38.6 Å². The van der Waals surface area contributed by atoms with Crippen molar-refractivity contribution in [1.82, 2.24) is 5.32 Å². The lowest BCUT2D eigenvalue weighted by atomic mass is 10.2. The van der Waals surface area contributed by atoms with Gasteiger partial charge in [0.2, 0.25) is 0 Å². The number of hydrogen-bond acceptors (Lipinski definition) is 7. The molecule has 2 aromatic carbocycles. The Bertz CT molecular complexity index is 940. The molecule has 0 radical (unpaired) electrons. The van der Waals surface area contributed by atoms with Crippen LogP contribution in [-0.2, 0) is 26.1 Å². The number of ether oxygens (including phenoxy) is 2. The summed E-state index contributed by atoms with van der Waals surface area (Å²) in [5.41, 5.74) is -0.132. The average molecular weight is 448 g/mol. The minimum atomic E-state index is -1.49. The maximum Gasteiger partial charge on any atom is 0.408 e. The molecule has 0 aliphatic heterocycles. The van der Waals surface area contributed by atoms with Crippen LogP contribution in [0.1, 0.15) is 26.3 Å². The van der Waals surface area contributed by atoms with Gasteiger partial charge in [-0.2, -0.15) is 0 Å². The number of carbonyl (C=O) groups excluding carboxylic acids is 2. The molecule has 0 saturated carbocycles. The zero-order valence-electron chi connectivity index (χ0n) is 17.4. The maximum absolute atomic E-state index is 12.7. The minimum Gasteiger partial charge on any atom is -0.444 e. The van der Waals surface area contributed by atoms with E-state index in [1.54, 1.807) is 20.8 Å². The zero-order chi connectivity index (χ0) is 23.0. The first-order valence-corrected chi connectivity index (χ1v) is 10.9. The van der Waals surface area contributed by atoms with Crippen LogP contribution >= 0.6 is 0 Å². The molecule has 2 aromatic rings. The quantitative estimate of drug-likeness (QED) is 0.284. The van der Waals surface area contributed by atoms with Crippen molar-refractivity contribution in [3.05, 3.63) is 70.3 Å². The van der Waals surface area contributed by atoms with Gasteiger partial charge in [-0.1, -0.05) is 30.3 Å². The summed E-state index contributed by atoms with van der Waals surface area (Å²) in [7, 11) is -1.49. The number of nitrogens with zero attached hydrogens (tertiary/aromatic N) is 1. The van der Waals surface area contributed by atoms with Gasteiger partial charge in [-0.15, -0.1) is 0 Å². The van der Waals surface area contributed by atoms with Crippen LogP contribution in [0, 0.1) is 10.1 Å². The van der Waals surface area contributed by atoms with Crippen molar-refractivity contribution in [3.63, 3.8) is 0 Å². The first kappa shape index (κ1) is 24.0. The van der Waals surface area contributed by atoms with Gasteiger partial charge in [-0.25, -0.2) is 9.59 Å². The molecule has 0 spiro atoms. The van der Waals surface area contributed by atoms with Crippen molar-refractivity contribution >= 4 is 28.5 Å². The molecule has 166 valence electrons. The number of carbonyl (C=O) groups is 2. The molecule has 0 bridgehead atoms. The molecular weight excluding hydrogens is 424 g/mol. The van der Waals surface area contributed by atoms with Crippen molar-refractivity contribution in [3.8, 4) is 5.75 Å². The second kappa shape index (κ2) is 10.7. The number of hydrogen-bond donors (Lipinski definition) is 1. The lowest BCUT2D eigenvalue weighted by Crippen LogP contribution is -2.48. The van der Waals surface area contributed by atoms with E-state index in [2.05, 4.69) is 5.32 Å². The number of nitrogens with one attached hydrogen (secondary N) is 1. The van der Waals surface area contributed by atoms with Crippen molar-refractivity contribution in [1.29, 1.82) is 0 Å². The Labute approximate surface area is 182 Å². The van der Waals surface area contributed by atoms with E-state index in [4.69, 9.17) is 9.47 Å². The van der Waals surface area contributed by atoms with E-state index in [1.165, 1.54) is 24.3 Å². The highest BCUT2D eigenvalue weighted by atomic mass is 32.2. The highest BCUT2D eigenvalue weighted by Crippen LogP contribution is 2.18. The highest BCUT2D eigenvalue weighted by molar-refractivity contribution is 7.84. The van der Waals surface area contributed by atoms with E-state index < -0.39 is 39.4 Å². The van der Waals surface area contributed by atoms with Gasteiger partial charge in [-0.05, 0) is 38.5 Å². The zero-order valence-corrected chi connectivity index (χ0v) is 18.2. The van der Waals surface area contributed by atoms with Crippen molar-refractivity contribution in [2.75, 3.05) is 5.75 Å². The summed E-state index contributed by atoms with van der Waals surface area (Å²) in [6, 6.07) is 12.7. The van der Waals surface area contributed by atoms with Gasteiger partial charge >= 0.3 is 12.1 Å². The van der Waals surface area contributed by atoms with Gasteiger partial charge in [0.15, 0.2) is 0 Å². The number of alkyl carbamates (subject to hydrolysis) is 1. The molecule has 0 aliphatic carbocycles. The molecule has 2 unspecified atom stereocenters. The molecule has 1 N–H and O–H groups in total. The largest absolute Gasteiger partial charge is 0.444 e. The molecule has 0 fully saturated rings. The molecule has 0 aromatic heterocycles. The lowest BCUT2D eigenvalue weighted by Gasteiger charge is -2.22. The normalized spacial score (nSPS) is 13.0. The SMILES string of the molecule is CC(C)(C)OC(=O)NC(CS(=O)Cc1ccccc1)C(=O)Oc1ccc([N+](=O)[O-])cc1. The van der Waals surface area contributed by atoms with Gasteiger partial charge in [-0.3, -0.25) is 14.3 Å². The van der Waals surface area contributed by atoms with Crippen LogP contribution in [0.25, 0.3) is 0 Å². The standard InChI is InChI=1S/C21H24N2O7S/c1-21(2,3)30-20(25)22-18(14-31(28)13-15-7-5-4-6-8-15)19(24)29-17-11-9-16(10-12-17)23(26)27/h4-12,18H,13-14H2,1-3H3,(H,22,25). The van der Waals surface area contributed by atoms with Crippen molar-refractivity contribution in [2.45, 2.75) is 38.2 Å². The molecule has 9 nitrogen and oxygen atoms in total. The predicted octanol–water partition coefficient (Wildman–Crippen LogP) is 3.34. The van der Waals surface area contributed by atoms with Crippen LogP contribution in [0.2, 0.25) is 0 Å². The number of benzene rings is 2. The highest BCUT2D eigenvalue weighted by Gasteiger charge is 2.28. The summed E-state index contributed by atoms with van der Waals surface area (Å²) in [6.45, 7) is 5.01. The first-order valence-electron chi connectivity index (χ1n) is 9.38. The topological polar surface area (TPSA) is 125 Å². The van der Waals surface area contributed by atoms with Crippen LogP contribution in [0.5, 0.6) is 5.75 Å². The van der Waals surface area contributed by atoms with E-state index in [1.807, 2.05) is 30.3 Å². The van der Waals surface area contributed by atoms with E-state index in [0.29, 0.717) is 0 Å². The smallest absolute Gasteiger partial charge is 0.408 e. The Kier molecular flexibility index (Phi) is 8.26. The number of non-ortho nitro benzene ring substituents is 1. The molecule has 10 heteroatoms. The Balaban J connectivity index is 2.11. The van der Waals surface area contributed by atoms with Gasteiger partial charge in [0.05, 0.1) is 10.7 Å². The lowest BCUT2D eigenvalue weighted by molar-refractivity contribution is -0.384. The van der Waals surface area contributed by atoms with Crippen LogP contribution in [0.3, 0.4) is 0 Å². The number of nitro groups is 1. The third-order valence-corrected chi connectivity index (χ3v) is 5.12. The van der Waals surface area contributed by atoms with Crippen molar-refractivity contribution < 1.29 is 28.2 Å². The van der Waals surface area contributed by atoms with E-state index >= 15 is 0 Å². The van der Waals surface area contributed by atoms with E-state index in [0.717, 1.165) is 5.56 Å². The molecular formula is C21H24N2O7S. The van der Waals surface area contributed by atoms with Gasteiger partial charge in [0, 0.05) is 28.7 Å². The maximum atomic E-state index is 12.7. The van der Waals surface area contributed by atoms with Crippen LogP contribution < -0.4 is 10.1 Å². The summed E-state index contributed by atoms with van der Waals surface area (Å²) in [5, 5.41) is 13.2. The molecule has 0 aliphatic rings. The van der Waals surface area contributed by atoms with Crippen LogP contribution in [0.15, 0.2) is 54.6 Å². The third-order valence-electron chi connectivity index (χ3n) is 3.76. The Hall–Kier alpha value is -3.27. The number of rotatable bonds is 8. The molecule has 2 atom stereocenters. The monoisotopic (exact) mass is 448 g/mol. The molecule has 31 heavy (non-hydrogen) atoms.